The second-order valence-corrected chi connectivity index (χ2v) is 8.46. The highest BCUT2D eigenvalue weighted by Crippen LogP contribution is 2.42. The van der Waals surface area contributed by atoms with Gasteiger partial charge in [-0.15, -0.1) is 34.0 Å². The van der Waals surface area contributed by atoms with Crippen LogP contribution in [0, 0.1) is 0 Å². The number of carbonyl (C=O) groups is 2. The lowest BCUT2D eigenvalue weighted by atomic mass is 10.0. The van der Waals surface area contributed by atoms with Gasteiger partial charge in [-0.3, -0.25) is 9.59 Å². The topological polar surface area (TPSA) is 57.6 Å². The van der Waals surface area contributed by atoms with E-state index in [2.05, 4.69) is 0 Å². The van der Waals surface area contributed by atoms with Crippen molar-refractivity contribution in [1.29, 1.82) is 0 Å². The average Bonchev–Trinajstić information content (AvgIpc) is 3.39. The Morgan fingerprint density at radius 1 is 1.04 bits per heavy atom. The van der Waals surface area contributed by atoms with E-state index >= 15 is 0 Å². The van der Waals surface area contributed by atoms with E-state index < -0.39 is 17.7 Å². The third kappa shape index (κ3) is 2.84. The number of Topliss-reactive ketones (excluding diaryl/α,β-unsaturated/α-hetero) is 1. The first-order valence-corrected chi connectivity index (χ1v) is 10.2. The maximum Gasteiger partial charge on any atom is 0.290 e. The quantitative estimate of drug-likeness (QED) is 0.648. The summed E-state index contributed by atoms with van der Waals surface area (Å²) < 4.78 is 0. The Hall–Kier alpha value is -2.22. The molecule has 0 saturated carbocycles. The first-order valence-electron chi connectivity index (χ1n) is 7.55. The van der Waals surface area contributed by atoms with Crippen molar-refractivity contribution in [2.24, 2.45) is 0 Å². The molecule has 1 aliphatic rings. The van der Waals surface area contributed by atoms with Gasteiger partial charge in [-0.2, -0.15) is 0 Å². The van der Waals surface area contributed by atoms with Crippen LogP contribution in [0.3, 0.4) is 0 Å². The fraction of sp³-hybridized carbons (Fsp3) is 0.111. The number of ketones is 1. The normalized spacial score (nSPS) is 17.5. The van der Waals surface area contributed by atoms with Crippen LogP contribution in [-0.2, 0) is 11.3 Å². The van der Waals surface area contributed by atoms with Gasteiger partial charge in [0.1, 0.15) is 6.04 Å². The molecule has 0 fully saturated rings. The molecule has 0 radical (unpaired) electrons. The van der Waals surface area contributed by atoms with Crippen LogP contribution in [0.5, 0.6) is 0 Å². The third-order valence-corrected chi connectivity index (χ3v) is 6.67. The van der Waals surface area contributed by atoms with Crippen molar-refractivity contribution >= 4 is 45.7 Å². The highest BCUT2D eigenvalue weighted by molar-refractivity contribution is 7.12. The van der Waals surface area contributed by atoms with Crippen LogP contribution in [0.4, 0.5) is 0 Å². The largest absolute Gasteiger partial charge is 0.503 e. The summed E-state index contributed by atoms with van der Waals surface area (Å²) in [4.78, 5) is 29.6. The van der Waals surface area contributed by atoms with Crippen molar-refractivity contribution in [2.75, 3.05) is 0 Å². The summed E-state index contributed by atoms with van der Waals surface area (Å²) in [7, 11) is 0. The van der Waals surface area contributed by atoms with E-state index in [1.165, 1.54) is 22.7 Å². The van der Waals surface area contributed by atoms with Gasteiger partial charge in [0.05, 0.1) is 17.0 Å². The molecule has 1 atom stereocenters. The lowest BCUT2D eigenvalue weighted by Crippen LogP contribution is -2.29. The molecule has 4 heterocycles. The molecule has 7 heteroatoms. The fourth-order valence-electron chi connectivity index (χ4n) is 2.90. The first-order chi connectivity index (χ1) is 12.2. The van der Waals surface area contributed by atoms with Gasteiger partial charge in [-0.05, 0) is 34.3 Å². The maximum absolute atomic E-state index is 12.9. The lowest BCUT2D eigenvalue weighted by Gasteiger charge is -2.25. The number of aliphatic hydroxyl groups excluding tert-OH is 1. The number of aliphatic hydroxyl groups is 1. The van der Waals surface area contributed by atoms with Crippen LogP contribution in [0.25, 0.3) is 0 Å². The summed E-state index contributed by atoms with van der Waals surface area (Å²) >= 11 is 4.33. The van der Waals surface area contributed by atoms with E-state index in [1.807, 2.05) is 40.4 Å². The van der Waals surface area contributed by atoms with Gasteiger partial charge in [0.2, 0.25) is 5.78 Å². The molecule has 1 amide bonds. The molecule has 0 aromatic carbocycles. The van der Waals surface area contributed by atoms with Crippen LogP contribution in [0.1, 0.15) is 25.5 Å². The Morgan fingerprint density at radius 3 is 2.40 bits per heavy atom. The molecule has 3 aromatic rings. The SMILES string of the molecule is O=C(C1=C(O)C(=O)N(Cc2cccs2)C1c1cccs1)c1cccs1. The number of amides is 1. The second kappa shape index (κ2) is 6.59. The van der Waals surface area contributed by atoms with Gasteiger partial charge in [0.25, 0.3) is 5.91 Å². The van der Waals surface area contributed by atoms with Crippen LogP contribution in [0.2, 0.25) is 0 Å². The summed E-state index contributed by atoms with van der Waals surface area (Å²) in [5.41, 5.74) is 0.173. The molecule has 0 spiro atoms. The number of nitrogens with zero attached hydrogens (tertiary/aromatic N) is 1. The van der Waals surface area contributed by atoms with E-state index in [-0.39, 0.29) is 11.4 Å². The Morgan fingerprint density at radius 2 is 1.76 bits per heavy atom. The van der Waals surface area contributed by atoms with Gasteiger partial charge < -0.3 is 10.0 Å². The summed E-state index contributed by atoms with van der Waals surface area (Å²) in [5.74, 6) is -1.21. The van der Waals surface area contributed by atoms with Gasteiger partial charge in [0, 0.05) is 9.75 Å². The van der Waals surface area contributed by atoms with Gasteiger partial charge >= 0.3 is 0 Å². The predicted molar refractivity (Wildman–Crippen MR) is 100 cm³/mol. The zero-order valence-electron chi connectivity index (χ0n) is 12.9. The van der Waals surface area contributed by atoms with Crippen LogP contribution in [-0.4, -0.2) is 21.7 Å². The number of rotatable bonds is 5. The summed E-state index contributed by atoms with van der Waals surface area (Å²) in [6.07, 6.45) is 0. The molecule has 1 unspecified atom stereocenters. The second-order valence-electron chi connectivity index (χ2n) is 5.50. The minimum absolute atomic E-state index is 0.173. The average molecular weight is 388 g/mol. The smallest absolute Gasteiger partial charge is 0.290 e. The number of hydrogen-bond acceptors (Lipinski definition) is 6. The minimum atomic E-state index is -0.552. The van der Waals surface area contributed by atoms with E-state index in [0.717, 1.165) is 9.75 Å². The van der Waals surface area contributed by atoms with Crippen molar-refractivity contribution in [3.63, 3.8) is 0 Å². The van der Waals surface area contributed by atoms with E-state index in [1.54, 1.807) is 28.4 Å². The molecular weight excluding hydrogens is 374 g/mol. The van der Waals surface area contributed by atoms with Crippen LogP contribution >= 0.6 is 34.0 Å². The van der Waals surface area contributed by atoms with E-state index in [9.17, 15) is 14.7 Å². The molecular formula is C18H13NO3S3. The molecule has 0 bridgehead atoms. The van der Waals surface area contributed by atoms with Crippen LogP contribution < -0.4 is 0 Å². The Bertz CT molecular complexity index is 925. The summed E-state index contributed by atoms with van der Waals surface area (Å²) in [6, 6.07) is 10.6. The van der Waals surface area contributed by atoms with Crippen molar-refractivity contribution in [3.8, 4) is 0 Å². The Labute approximate surface area is 156 Å². The molecule has 25 heavy (non-hydrogen) atoms. The molecule has 3 aromatic heterocycles. The number of hydrogen-bond donors (Lipinski definition) is 1. The minimum Gasteiger partial charge on any atom is -0.503 e. The van der Waals surface area contributed by atoms with Gasteiger partial charge in [0.15, 0.2) is 5.76 Å². The highest BCUT2D eigenvalue weighted by atomic mass is 32.1. The zero-order chi connectivity index (χ0) is 17.4. The fourth-order valence-corrected chi connectivity index (χ4v) is 5.13. The van der Waals surface area contributed by atoms with Crippen LogP contribution in [0.15, 0.2) is 63.9 Å². The molecule has 4 nitrogen and oxygen atoms in total. The molecule has 126 valence electrons. The molecule has 4 rings (SSSR count). The number of thiophene rings is 3. The van der Waals surface area contributed by atoms with E-state index in [0.29, 0.717) is 11.4 Å². The monoisotopic (exact) mass is 387 g/mol. The standard InChI is InChI=1S/C18H13NO3S3/c20-16(13-6-3-9-25-13)14-15(12-5-2-8-24-12)19(18(22)17(14)21)10-11-4-1-7-23-11/h1-9,15,21H,10H2. The van der Waals surface area contributed by atoms with E-state index in [4.69, 9.17) is 0 Å². The molecule has 1 aliphatic heterocycles. The third-order valence-electron chi connectivity index (χ3n) is 4.01. The Kier molecular flexibility index (Phi) is 4.29. The predicted octanol–water partition coefficient (Wildman–Crippen LogP) is 4.65. The maximum atomic E-state index is 12.9. The molecule has 1 N–H and O–H groups in total. The molecule has 0 saturated heterocycles. The number of carbonyl (C=O) groups excluding carboxylic acids is 2. The van der Waals surface area contributed by atoms with Crippen molar-refractivity contribution < 1.29 is 14.7 Å². The Balaban J connectivity index is 1.78. The first kappa shape index (κ1) is 16.3. The summed E-state index contributed by atoms with van der Waals surface area (Å²) in [6.45, 7) is 0.365. The van der Waals surface area contributed by atoms with Gasteiger partial charge in [-0.25, -0.2) is 0 Å². The molecule has 0 aliphatic carbocycles. The summed E-state index contributed by atoms with van der Waals surface area (Å²) in [5, 5.41) is 16.1. The lowest BCUT2D eigenvalue weighted by molar-refractivity contribution is -0.129. The van der Waals surface area contributed by atoms with Crippen molar-refractivity contribution in [3.05, 3.63) is 78.5 Å². The van der Waals surface area contributed by atoms with Gasteiger partial charge in [-0.1, -0.05) is 18.2 Å². The van der Waals surface area contributed by atoms with Crippen molar-refractivity contribution in [1.82, 2.24) is 4.90 Å². The zero-order valence-corrected chi connectivity index (χ0v) is 15.4. The highest BCUT2D eigenvalue weighted by Gasteiger charge is 2.44. The van der Waals surface area contributed by atoms with Crippen molar-refractivity contribution in [2.45, 2.75) is 12.6 Å².